The molecule has 1 aromatic heterocycles. The third-order valence-electron chi connectivity index (χ3n) is 2.72. The maximum atomic E-state index is 12.8. The van der Waals surface area contributed by atoms with Gasteiger partial charge in [-0.05, 0) is 30.8 Å². The molecule has 0 atom stereocenters. The van der Waals surface area contributed by atoms with Crippen molar-refractivity contribution in [3.8, 4) is 5.69 Å². The van der Waals surface area contributed by atoms with E-state index in [0.29, 0.717) is 12.2 Å². The summed E-state index contributed by atoms with van der Waals surface area (Å²) in [6, 6.07) is 5.48. The Hall–Kier alpha value is -1.53. The van der Waals surface area contributed by atoms with Crippen molar-refractivity contribution in [2.75, 3.05) is 6.54 Å². The molecule has 0 radical (unpaired) electrons. The molecule has 7 heteroatoms. The molecule has 1 N–H and O–H groups in total. The van der Waals surface area contributed by atoms with Crippen molar-refractivity contribution in [3.63, 3.8) is 0 Å². The summed E-state index contributed by atoms with van der Waals surface area (Å²) in [4.78, 5) is 0. The third-order valence-corrected chi connectivity index (χ3v) is 3.05. The Bertz CT molecular complexity index is 593. The van der Waals surface area contributed by atoms with Gasteiger partial charge in [0.25, 0.3) is 0 Å². The van der Waals surface area contributed by atoms with Crippen molar-refractivity contribution < 1.29 is 13.2 Å². The highest BCUT2D eigenvalue weighted by atomic mass is 35.5. The van der Waals surface area contributed by atoms with E-state index in [4.69, 9.17) is 11.6 Å². The predicted molar refractivity (Wildman–Crippen MR) is 71.0 cm³/mol. The Kier molecular flexibility index (Phi) is 4.35. The first-order chi connectivity index (χ1) is 9.41. The van der Waals surface area contributed by atoms with Crippen LogP contribution in [0.1, 0.15) is 18.2 Å². The number of hydrogen-bond acceptors (Lipinski definition) is 2. The lowest BCUT2D eigenvalue weighted by Gasteiger charge is -2.10. The molecule has 0 aliphatic carbocycles. The number of nitrogens with zero attached hydrogens (tertiary/aromatic N) is 2. The summed E-state index contributed by atoms with van der Waals surface area (Å²) in [5.74, 6) is 0. The highest BCUT2D eigenvalue weighted by molar-refractivity contribution is 6.31. The first-order valence-corrected chi connectivity index (χ1v) is 6.42. The van der Waals surface area contributed by atoms with E-state index in [-0.39, 0.29) is 5.02 Å². The standard InChI is InChI=1S/C13H13ClF3N3/c1-2-18-8-9-5-6-20(19-9)10-3-4-12(14)11(7-10)13(15,16)17/h3-7,18H,2,8H2,1H3. The van der Waals surface area contributed by atoms with Crippen molar-refractivity contribution >= 4 is 11.6 Å². The van der Waals surface area contributed by atoms with E-state index in [1.807, 2.05) is 6.92 Å². The molecule has 3 nitrogen and oxygen atoms in total. The molecule has 0 amide bonds. The predicted octanol–water partition coefficient (Wildman–Crippen LogP) is 3.65. The molecular formula is C13H13ClF3N3. The smallest absolute Gasteiger partial charge is 0.311 e. The third kappa shape index (κ3) is 3.32. The van der Waals surface area contributed by atoms with Gasteiger partial charge in [-0.2, -0.15) is 18.3 Å². The van der Waals surface area contributed by atoms with Gasteiger partial charge in [0.15, 0.2) is 0 Å². The fraction of sp³-hybridized carbons (Fsp3) is 0.308. The van der Waals surface area contributed by atoms with Crippen LogP contribution in [0.25, 0.3) is 5.69 Å². The second kappa shape index (κ2) is 5.85. The van der Waals surface area contributed by atoms with E-state index >= 15 is 0 Å². The molecule has 0 spiro atoms. The number of nitrogens with one attached hydrogen (secondary N) is 1. The number of rotatable bonds is 4. The molecule has 0 saturated heterocycles. The van der Waals surface area contributed by atoms with Crippen LogP contribution in [-0.4, -0.2) is 16.3 Å². The van der Waals surface area contributed by atoms with Gasteiger partial charge in [0.05, 0.1) is 22.0 Å². The topological polar surface area (TPSA) is 29.9 Å². The number of aromatic nitrogens is 2. The number of hydrogen-bond donors (Lipinski definition) is 1. The Morgan fingerprint density at radius 1 is 1.30 bits per heavy atom. The van der Waals surface area contributed by atoms with Crippen molar-refractivity contribution in [2.24, 2.45) is 0 Å². The van der Waals surface area contributed by atoms with Gasteiger partial charge in [-0.15, -0.1) is 0 Å². The Labute approximate surface area is 119 Å². The fourth-order valence-corrected chi connectivity index (χ4v) is 1.95. The zero-order valence-corrected chi connectivity index (χ0v) is 11.5. The van der Waals surface area contributed by atoms with Crippen molar-refractivity contribution in [2.45, 2.75) is 19.6 Å². The van der Waals surface area contributed by atoms with Crippen LogP contribution in [0.15, 0.2) is 30.5 Å². The minimum Gasteiger partial charge on any atom is -0.311 e. The SMILES string of the molecule is CCNCc1ccn(-c2ccc(Cl)c(C(F)(F)F)c2)n1. The van der Waals surface area contributed by atoms with E-state index in [2.05, 4.69) is 10.4 Å². The Balaban J connectivity index is 2.31. The van der Waals surface area contributed by atoms with Crippen molar-refractivity contribution in [1.82, 2.24) is 15.1 Å². The zero-order chi connectivity index (χ0) is 14.8. The lowest BCUT2D eigenvalue weighted by atomic mass is 10.2. The van der Waals surface area contributed by atoms with E-state index in [1.165, 1.54) is 16.8 Å². The largest absolute Gasteiger partial charge is 0.417 e. The first-order valence-electron chi connectivity index (χ1n) is 6.04. The van der Waals surface area contributed by atoms with Gasteiger partial charge in [0, 0.05) is 12.7 Å². The highest BCUT2D eigenvalue weighted by Gasteiger charge is 2.33. The zero-order valence-electron chi connectivity index (χ0n) is 10.7. The van der Waals surface area contributed by atoms with Gasteiger partial charge in [0.1, 0.15) is 0 Å². The maximum absolute atomic E-state index is 12.8. The molecule has 0 aliphatic heterocycles. The van der Waals surface area contributed by atoms with Gasteiger partial charge in [-0.25, -0.2) is 4.68 Å². The van der Waals surface area contributed by atoms with Crippen molar-refractivity contribution in [3.05, 3.63) is 46.7 Å². The number of benzene rings is 1. The molecule has 0 aliphatic rings. The monoisotopic (exact) mass is 303 g/mol. The van der Waals surface area contributed by atoms with Crippen LogP contribution in [0.3, 0.4) is 0 Å². The Morgan fingerprint density at radius 2 is 2.05 bits per heavy atom. The van der Waals surface area contributed by atoms with E-state index < -0.39 is 11.7 Å². The van der Waals surface area contributed by atoms with E-state index in [1.54, 1.807) is 12.3 Å². The van der Waals surface area contributed by atoms with Crippen LogP contribution in [0.5, 0.6) is 0 Å². The molecule has 1 heterocycles. The lowest BCUT2D eigenvalue weighted by Crippen LogP contribution is -2.12. The summed E-state index contributed by atoms with van der Waals surface area (Å²) >= 11 is 5.58. The molecule has 2 aromatic rings. The summed E-state index contributed by atoms with van der Waals surface area (Å²) in [5.41, 5.74) is 0.222. The molecule has 0 unspecified atom stereocenters. The summed E-state index contributed by atoms with van der Waals surface area (Å²) < 4.78 is 39.8. The molecule has 2 rings (SSSR count). The lowest BCUT2D eigenvalue weighted by molar-refractivity contribution is -0.137. The molecule has 20 heavy (non-hydrogen) atoms. The fourth-order valence-electron chi connectivity index (χ4n) is 1.73. The molecule has 0 saturated carbocycles. The van der Waals surface area contributed by atoms with Crippen LogP contribution >= 0.6 is 11.6 Å². The summed E-state index contributed by atoms with van der Waals surface area (Å²) in [6.45, 7) is 3.33. The van der Waals surface area contributed by atoms with E-state index in [0.717, 1.165) is 18.3 Å². The van der Waals surface area contributed by atoms with Gasteiger partial charge in [-0.3, -0.25) is 0 Å². The van der Waals surface area contributed by atoms with Crippen LogP contribution in [0.2, 0.25) is 5.02 Å². The molecule has 108 valence electrons. The normalized spacial score (nSPS) is 11.8. The minimum absolute atomic E-state index is 0.318. The average Bonchev–Trinajstić information content (AvgIpc) is 2.84. The molecule has 1 aromatic carbocycles. The van der Waals surface area contributed by atoms with E-state index in [9.17, 15) is 13.2 Å². The minimum atomic E-state index is -4.48. The molecule has 0 fully saturated rings. The van der Waals surface area contributed by atoms with Crippen LogP contribution in [-0.2, 0) is 12.7 Å². The van der Waals surface area contributed by atoms with Crippen LogP contribution < -0.4 is 5.32 Å². The van der Waals surface area contributed by atoms with Gasteiger partial charge >= 0.3 is 6.18 Å². The molecule has 0 bridgehead atoms. The Morgan fingerprint density at radius 3 is 2.70 bits per heavy atom. The number of halogens is 4. The summed E-state index contributed by atoms with van der Waals surface area (Å²) in [6.07, 6.45) is -2.86. The summed E-state index contributed by atoms with van der Waals surface area (Å²) in [5, 5.41) is 6.99. The second-order valence-electron chi connectivity index (χ2n) is 4.19. The quantitative estimate of drug-likeness (QED) is 0.934. The highest BCUT2D eigenvalue weighted by Crippen LogP contribution is 2.35. The second-order valence-corrected chi connectivity index (χ2v) is 4.60. The number of alkyl halides is 3. The molecular weight excluding hydrogens is 291 g/mol. The van der Waals surface area contributed by atoms with Crippen LogP contribution in [0, 0.1) is 0 Å². The van der Waals surface area contributed by atoms with Crippen molar-refractivity contribution in [1.29, 1.82) is 0 Å². The summed E-state index contributed by atoms with van der Waals surface area (Å²) in [7, 11) is 0. The van der Waals surface area contributed by atoms with Gasteiger partial charge in [-0.1, -0.05) is 18.5 Å². The van der Waals surface area contributed by atoms with Gasteiger partial charge in [0.2, 0.25) is 0 Å². The van der Waals surface area contributed by atoms with Crippen LogP contribution in [0.4, 0.5) is 13.2 Å². The average molecular weight is 304 g/mol. The maximum Gasteiger partial charge on any atom is 0.417 e. The first kappa shape index (κ1) is 14.9. The van der Waals surface area contributed by atoms with Gasteiger partial charge < -0.3 is 5.32 Å².